The Morgan fingerprint density at radius 3 is 2.70 bits per heavy atom. The van der Waals surface area contributed by atoms with Gasteiger partial charge in [-0.1, -0.05) is 43.7 Å². The van der Waals surface area contributed by atoms with E-state index in [4.69, 9.17) is 0 Å². The Balaban J connectivity index is 2.04. The van der Waals surface area contributed by atoms with E-state index >= 15 is 0 Å². The van der Waals surface area contributed by atoms with Crippen LogP contribution in [0, 0.1) is 0 Å². The van der Waals surface area contributed by atoms with Gasteiger partial charge in [0.15, 0.2) is 0 Å². The van der Waals surface area contributed by atoms with Crippen LogP contribution in [-0.2, 0) is 13.0 Å². The van der Waals surface area contributed by atoms with Crippen molar-refractivity contribution in [2.24, 2.45) is 0 Å². The molecule has 0 radical (unpaired) electrons. The summed E-state index contributed by atoms with van der Waals surface area (Å²) in [5, 5.41) is 5.71. The Morgan fingerprint density at radius 1 is 1.20 bits per heavy atom. The summed E-state index contributed by atoms with van der Waals surface area (Å²) in [4.78, 5) is 1.39. The molecule has 0 saturated heterocycles. The lowest BCUT2D eigenvalue weighted by Crippen LogP contribution is -2.14. The summed E-state index contributed by atoms with van der Waals surface area (Å²) in [5.74, 6) is 0. The van der Waals surface area contributed by atoms with Gasteiger partial charge in [-0.2, -0.15) is 0 Å². The first kappa shape index (κ1) is 15.0. The molecule has 106 valence electrons. The Labute approximate surface area is 126 Å². The molecule has 1 heterocycles. The molecule has 2 rings (SSSR count). The molecule has 0 aliphatic rings. The zero-order valence-corrected chi connectivity index (χ0v) is 13.0. The predicted molar refractivity (Wildman–Crippen MR) is 90.3 cm³/mol. The van der Waals surface area contributed by atoms with Gasteiger partial charge < -0.3 is 5.32 Å². The van der Waals surface area contributed by atoms with Crippen molar-refractivity contribution in [1.82, 2.24) is 5.32 Å². The molecule has 0 aliphatic carbocycles. The Hall–Kier alpha value is -1.38. The molecule has 20 heavy (non-hydrogen) atoms. The minimum absolute atomic E-state index is 0.941. The highest BCUT2D eigenvalue weighted by atomic mass is 32.1. The summed E-state index contributed by atoms with van der Waals surface area (Å²) in [6.45, 7) is 8.08. The van der Waals surface area contributed by atoms with Crippen LogP contribution < -0.4 is 5.32 Å². The number of benzene rings is 1. The van der Waals surface area contributed by atoms with Gasteiger partial charge in [-0.3, -0.25) is 0 Å². The summed E-state index contributed by atoms with van der Waals surface area (Å²) in [5.41, 5.74) is 4.05. The molecule has 1 aromatic heterocycles. The van der Waals surface area contributed by atoms with E-state index in [9.17, 15) is 0 Å². The first-order chi connectivity index (χ1) is 9.85. The van der Waals surface area contributed by atoms with Crippen molar-refractivity contribution in [3.05, 3.63) is 59.5 Å². The number of hydrogen-bond acceptors (Lipinski definition) is 2. The molecule has 1 N–H and O–H groups in total. The molecule has 0 bridgehead atoms. The third-order valence-corrected chi connectivity index (χ3v) is 4.37. The van der Waals surface area contributed by atoms with E-state index in [1.54, 1.807) is 0 Å². The van der Waals surface area contributed by atoms with Crippen molar-refractivity contribution >= 4 is 11.3 Å². The summed E-state index contributed by atoms with van der Waals surface area (Å²) in [6.07, 6.45) is 5.38. The van der Waals surface area contributed by atoms with Crippen molar-refractivity contribution in [3.63, 3.8) is 0 Å². The predicted octanol–water partition coefficient (Wildman–Crippen LogP) is 5.03. The molecule has 2 heteroatoms. The summed E-state index contributed by atoms with van der Waals surface area (Å²) in [6, 6.07) is 11.1. The number of thiophene rings is 1. The Morgan fingerprint density at radius 2 is 2.00 bits per heavy atom. The van der Waals surface area contributed by atoms with E-state index < -0.39 is 0 Å². The van der Waals surface area contributed by atoms with Crippen molar-refractivity contribution in [2.45, 2.75) is 32.7 Å². The van der Waals surface area contributed by atoms with E-state index in [0.717, 1.165) is 19.5 Å². The highest BCUT2D eigenvalue weighted by Gasteiger charge is 2.06. The zero-order valence-electron chi connectivity index (χ0n) is 12.2. The molecule has 1 aromatic carbocycles. The maximum Gasteiger partial charge on any atom is 0.0387 e. The molecule has 1 nitrogen and oxygen atoms in total. The van der Waals surface area contributed by atoms with Gasteiger partial charge in [-0.25, -0.2) is 0 Å². The lowest BCUT2D eigenvalue weighted by Gasteiger charge is -2.07. The Bertz CT molecular complexity index is 525. The van der Waals surface area contributed by atoms with Crippen molar-refractivity contribution in [3.8, 4) is 10.4 Å². The van der Waals surface area contributed by atoms with Gasteiger partial charge in [0.25, 0.3) is 0 Å². The average Bonchev–Trinajstić information content (AvgIpc) is 2.93. The number of rotatable bonds is 8. The van der Waals surface area contributed by atoms with E-state index in [-0.39, 0.29) is 0 Å². The smallest absolute Gasteiger partial charge is 0.0387 e. The minimum Gasteiger partial charge on any atom is -0.313 e. The summed E-state index contributed by atoms with van der Waals surface area (Å²) < 4.78 is 0. The number of allylic oxidation sites excluding steroid dienone is 1. The van der Waals surface area contributed by atoms with E-state index in [1.165, 1.54) is 34.4 Å². The molecular weight excluding hydrogens is 262 g/mol. The molecule has 0 amide bonds. The second-order valence-electron chi connectivity index (χ2n) is 5.00. The standard InChI is InChI=1S/C18H23NS/c1-3-5-12-19-14-17-11-13-20-18(17)16-9-7-15(6-4-2)8-10-16/h4,7-11,13,19H,2-3,5-6,12,14H2,1H3. The van der Waals surface area contributed by atoms with Crippen LogP contribution in [0.5, 0.6) is 0 Å². The van der Waals surface area contributed by atoms with E-state index in [2.05, 4.69) is 54.5 Å². The van der Waals surface area contributed by atoms with Gasteiger partial charge in [-0.05, 0) is 47.5 Å². The molecule has 0 aliphatic heterocycles. The number of nitrogens with one attached hydrogen (secondary N) is 1. The van der Waals surface area contributed by atoms with Gasteiger partial charge in [-0.15, -0.1) is 17.9 Å². The number of unbranched alkanes of at least 4 members (excludes halogenated alkanes) is 1. The highest BCUT2D eigenvalue weighted by molar-refractivity contribution is 7.13. The van der Waals surface area contributed by atoms with E-state index in [0.29, 0.717) is 0 Å². The number of hydrogen-bond donors (Lipinski definition) is 1. The van der Waals surface area contributed by atoms with E-state index in [1.807, 2.05) is 17.4 Å². The van der Waals surface area contributed by atoms with Crippen LogP contribution in [0.4, 0.5) is 0 Å². The topological polar surface area (TPSA) is 12.0 Å². The highest BCUT2D eigenvalue weighted by Crippen LogP contribution is 2.29. The van der Waals surface area contributed by atoms with Crippen molar-refractivity contribution in [2.75, 3.05) is 6.54 Å². The first-order valence-corrected chi connectivity index (χ1v) is 8.20. The maximum atomic E-state index is 3.78. The van der Waals surface area contributed by atoms with Crippen LogP contribution in [0.3, 0.4) is 0 Å². The fraction of sp³-hybridized carbons (Fsp3) is 0.333. The van der Waals surface area contributed by atoms with Crippen LogP contribution >= 0.6 is 11.3 Å². The molecule has 0 fully saturated rings. The minimum atomic E-state index is 0.941. The average molecular weight is 285 g/mol. The molecular formula is C18H23NS. The SMILES string of the molecule is C=CCc1ccc(-c2sccc2CNCCCC)cc1. The molecule has 2 aromatic rings. The Kier molecular flexibility index (Phi) is 6.03. The van der Waals surface area contributed by atoms with Gasteiger partial charge in [0.1, 0.15) is 0 Å². The molecule has 0 unspecified atom stereocenters. The summed E-state index contributed by atoms with van der Waals surface area (Å²) in [7, 11) is 0. The maximum absolute atomic E-state index is 3.78. The fourth-order valence-corrected chi connectivity index (χ4v) is 3.14. The van der Waals surface area contributed by atoms with Crippen LogP contribution in [0.2, 0.25) is 0 Å². The second-order valence-corrected chi connectivity index (χ2v) is 5.91. The van der Waals surface area contributed by atoms with Gasteiger partial charge in [0.05, 0.1) is 0 Å². The van der Waals surface area contributed by atoms with Gasteiger partial charge >= 0.3 is 0 Å². The lowest BCUT2D eigenvalue weighted by molar-refractivity contribution is 0.643. The van der Waals surface area contributed by atoms with Gasteiger partial charge in [0, 0.05) is 11.4 Å². The first-order valence-electron chi connectivity index (χ1n) is 7.32. The zero-order chi connectivity index (χ0) is 14.2. The molecule has 0 saturated carbocycles. The molecule has 0 spiro atoms. The lowest BCUT2D eigenvalue weighted by atomic mass is 10.1. The quantitative estimate of drug-likeness (QED) is 0.529. The van der Waals surface area contributed by atoms with Crippen LogP contribution in [-0.4, -0.2) is 6.54 Å². The third-order valence-electron chi connectivity index (χ3n) is 3.37. The van der Waals surface area contributed by atoms with Crippen LogP contribution in [0.25, 0.3) is 10.4 Å². The van der Waals surface area contributed by atoms with Crippen molar-refractivity contribution < 1.29 is 0 Å². The fourth-order valence-electron chi connectivity index (χ4n) is 2.21. The van der Waals surface area contributed by atoms with Gasteiger partial charge in [0.2, 0.25) is 0 Å². The third kappa shape index (κ3) is 4.06. The molecule has 0 atom stereocenters. The normalized spacial score (nSPS) is 10.7. The second kappa shape index (κ2) is 8.03. The summed E-state index contributed by atoms with van der Waals surface area (Å²) >= 11 is 1.83. The monoisotopic (exact) mass is 285 g/mol. The van der Waals surface area contributed by atoms with Crippen molar-refractivity contribution in [1.29, 1.82) is 0 Å². The van der Waals surface area contributed by atoms with Crippen LogP contribution in [0.15, 0.2) is 48.4 Å². The van der Waals surface area contributed by atoms with Crippen LogP contribution in [0.1, 0.15) is 30.9 Å². The largest absolute Gasteiger partial charge is 0.313 e.